The van der Waals surface area contributed by atoms with E-state index in [0.29, 0.717) is 6.54 Å². The number of rotatable bonds is 6. The van der Waals surface area contributed by atoms with Gasteiger partial charge in [0.15, 0.2) is 0 Å². The number of nitrogens with zero attached hydrogens (tertiary/aromatic N) is 2. The third-order valence-corrected chi connectivity index (χ3v) is 5.82. The first-order chi connectivity index (χ1) is 13.3. The molecule has 0 unspecified atom stereocenters. The lowest BCUT2D eigenvalue weighted by molar-refractivity contribution is 0.0927. The van der Waals surface area contributed by atoms with Crippen LogP contribution in [0.5, 0.6) is 0 Å². The van der Waals surface area contributed by atoms with E-state index in [9.17, 15) is 4.79 Å². The van der Waals surface area contributed by atoms with E-state index in [4.69, 9.17) is 4.42 Å². The molecule has 1 aliphatic heterocycles. The van der Waals surface area contributed by atoms with Crippen molar-refractivity contribution < 1.29 is 9.21 Å². The van der Waals surface area contributed by atoms with Gasteiger partial charge in [0.05, 0.1) is 17.2 Å². The lowest BCUT2D eigenvalue weighted by Gasteiger charge is -2.39. The van der Waals surface area contributed by atoms with E-state index in [-0.39, 0.29) is 11.9 Å². The quantitative estimate of drug-likeness (QED) is 0.708. The van der Waals surface area contributed by atoms with Crippen LogP contribution in [0.2, 0.25) is 0 Å². The van der Waals surface area contributed by atoms with E-state index in [1.54, 1.807) is 6.26 Å². The molecule has 0 aliphatic carbocycles. The summed E-state index contributed by atoms with van der Waals surface area (Å²) >= 11 is 1.46. The first-order valence-electron chi connectivity index (χ1n) is 9.20. The monoisotopic (exact) mass is 381 g/mol. The lowest BCUT2D eigenvalue weighted by Crippen LogP contribution is -2.49. The van der Waals surface area contributed by atoms with Crippen molar-refractivity contribution in [3.05, 3.63) is 76.9 Å². The van der Waals surface area contributed by atoms with Crippen LogP contribution in [0.25, 0.3) is 0 Å². The van der Waals surface area contributed by atoms with Gasteiger partial charge in [0.2, 0.25) is 0 Å². The molecule has 0 spiro atoms. The molecule has 3 heterocycles. The highest BCUT2D eigenvalue weighted by Crippen LogP contribution is 2.24. The fourth-order valence-corrected chi connectivity index (χ4v) is 4.15. The van der Waals surface area contributed by atoms with Crippen LogP contribution >= 0.6 is 11.3 Å². The van der Waals surface area contributed by atoms with E-state index in [1.165, 1.54) is 17.0 Å². The molecule has 1 saturated heterocycles. The highest BCUT2D eigenvalue weighted by Gasteiger charge is 2.27. The number of piperazine rings is 1. The lowest BCUT2D eigenvalue weighted by atomic mass is 10.1. The highest BCUT2D eigenvalue weighted by atomic mass is 32.1. The summed E-state index contributed by atoms with van der Waals surface area (Å²) in [5.41, 5.74) is 1.26. The molecule has 2 aromatic heterocycles. The van der Waals surface area contributed by atoms with Crippen molar-refractivity contribution in [2.45, 2.75) is 6.04 Å². The second-order valence-corrected chi connectivity index (χ2v) is 7.52. The Morgan fingerprint density at radius 1 is 1.04 bits per heavy atom. The Labute approximate surface area is 163 Å². The fourth-order valence-electron chi connectivity index (χ4n) is 3.51. The van der Waals surface area contributed by atoms with Crippen LogP contribution in [0.1, 0.15) is 21.5 Å². The predicted octanol–water partition coefficient (Wildman–Crippen LogP) is 3.63. The van der Waals surface area contributed by atoms with Gasteiger partial charge < -0.3 is 14.6 Å². The molecule has 27 heavy (non-hydrogen) atoms. The smallest absolute Gasteiger partial charge is 0.261 e. The SMILES string of the molecule is O=C(NC[C@H](c1ccco1)N1CCN(c2ccccc2)CC1)c1cccs1. The minimum Gasteiger partial charge on any atom is -0.468 e. The topological polar surface area (TPSA) is 48.7 Å². The number of carbonyl (C=O) groups excluding carboxylic acids is 1. The van der Waals surface area contributed by atoms with Gasteiger partial charge in [-0.2, -0.15) is 0 Å². The average molecular weight is 382 g/mol. The Morgan fingerprint density at radius 3 is 2.52 bits per heavy atom. The summed E-state index contributed by atoms with van der Waals surface area (Å²) in [5.74, 6) is 0.874. The molecule has 0 radical (unpaired) electrons. The minimum atomic E-state index is -0.0236. The largest absolute Gasteiger partial charge is 0.468 e. The molecule has 0 saturated carbocycles. The number of furan rings is 1. The van der Waals surface area contributed by atoms with Gasteiger partial charge in [-0.15, -0.1) is 11.3 Å². The molecular formula is C21H23N3O2S. The van der Waals surface area contributed by atoms with Gasteiger partial charge >= 0.3 is 0 Å². The summed E-state index contributed by atoms with van der Waals surface area (Å²) in [6.45, 7) is 4.31. The molecule has 1 fully saturated rings. The highest BCUT2D eigenvalue weighted by molar-refractivity contribution is 7.12. The van der Waals surface area contributed by atoms with Crippen molar-refractivity contribution in [1.29, 1.82) is 0 Å². The first-order valence-corrected chi connectivity index (χ1v) is 10.1. The zero-order chi connectivity index (χ0) is 18.5. The number of para-hydroxylation sites is 1. The summed E-state index contributed by atoms with van der Waals surface area (Å²) in [7, 11) is 0. The van der Waals surface area contributed by atoms with Crippen molar-refractivity contribution in [2.75, 3.05) is 37.6 Å². The molecule has 3 aromatic rings. The number of thiophene rings is 1. The summed E-state index contributed by atoms with van der Waals surface area (Å²) in [6, 6.07) is 18.2. The third-order valence-electron chi connectivity index (χ3n) is 4.95. The molecule has 1 aromatic carbocycles. The standard InChI is InChI=1S/C21H23N3O2S/c25-21(20-9-5-15-27-20)22-16-18(19-8-4-14-26-19)24-12-10-23(11-13-24)17-6-2-1-3-7-17/h1-9,14-15,18H,10-13,16H2,(H,22,25)/t18-/m1/s1. The minimum absolute atomic E-state index is 0.0236. The van der Waals surface area contributed by atoms with E-state index in [1.807, 2.05) is 35.7 Å². The summed E-state index contributed by atoms with van der Waals surface area (Å²) < 4.78 is 5.68. The van der Waals surface area contributed by atoms with Crippen LogP contribution in [0, 0.1) is 0 Å². The van der Waals surface area contributed by atoms with Crippen LogP contribution in [-0.4, -0.2) is 43.5 Å². The van der Waals surface area contributed by atoms with Crippen molar-refractivity contribution >= 4 is 22.9 Å². The number of benzene rings is 1. The summed E-state index contributed by atoms with van der Waals surface area (Å²) in [4.78, 5) is 17.9. The van der Waals surface area contributed by atoms with Gasteiger partial charge in [-0.1, -0.05) is 24.3 Å². The molecular weight excluding hydrogens is 358 g/mol. The molecule has 1 N–H and O–H groups in total. The fraction of sp³-hybridized carbons (Fsp3) is 0.286. The van der Waals surface area contributed by atoms with Crippen molar-refractivity contribution in [1.82, 2.24) is 10.2 Å². The van der Waals surface area contributed by atoms with E-state index in [0.717, 1.165) is 36.8 Å². The Kier molecular flexibility index (Phi) is 5.55. The van der Waals surface area contributed by atoms with E-state index < -0.39 is 0 Å². The number of hydrogen-bond donors (Lipinski definition) is 1. The summed E-state index contributed by atoms with van der Waals surface area (Å²) in [5, 5.41) is 4.99. The van der Waals surface area contributed by atoms with E-state index >= 15 is 0 Å². The van der Waals surface area contributed by atoms with Gasteiger partial charge in [0, 0.05) is 38.4 Å². The molecule has 1 atom stereocenters. The zero-order valence-electron chi connectivity index (χ0n) is 15.1. The zero-order valence-corrected chi connectivity index (χ0v) is 15.9. The number of anilines is 1. The van der Waals surface area contributed by atoms with Crippen LogP contribution in [0.3, 0.4) is 0 Å². The normalized spacial score (nSPS) is 16.2. The van der Waals surface area contributed by atoms with Gasteiger partial charge in [-0.3, -0.25) is 9.69 Å². The van der Waals surface area contributed by atoms with Gasteiger partial charge in [-0.25, -0.2) is 0 Å². The maximum absolute atomic E-state index is 12.3. The summed E-state index contributed by atoms with van der Waals surface area (Å²) in [6.07, 6.45) is 1.70. The molecule has 1 amide bonds. The number of carbonyl (C=O) groups is 1. The van der Waals surface area contributed by atoms with Crippen LogP contribution < -0.4 is 10.2 Å². The predicted molar refractivity (Wildman–Crippen MR) is 108 cm³/mol. The Morgan fingerprint density at radius 2 is 1.85 bits per heavy atom. The van der Waals surface area contributed by atoms with E-state index in [2.05, 4.69) is 39.4 Å². The average Bonchev–Trinajstić information content (AvgIpc) is 3.44. The molecule has 1 aliphatic rings. The molecule has 4 rings (SSSR count). The number of nitrogens with one attached hydrogen (secondary N) is 1. The van der Waals surface area contributed by atoms with Gasteiger partial charge in [0.25, 0.3) is 5.91 Å². The van der Waals surface area contributed by atoms with Crippen molar-refractivity contribution in [2.24, 2.45) is 0 Å². The second-order valence-electron chi connectivity index (χ2n) is 6.58. The molecule has 140 valence electrons. The number of amides is 1. The first kappa shape index (κ1) is 17.8. The maximum Gasteiger partial charge on any atom is 0.261 e. The van der Waals surface area contributed by atoms with Gasteiger partial charge in [-0.05, 0) is 35.7 Å². The molecule has 6 heteroatoms. The molecule has 5 nitrogen and oxygen atoms in total. The second kappa shape index (κ2) is 8.41. The molecule has 0 bridgehead atoms. The number of hydrogen-bond acceptors (Lipinski definition) is 5. The Balaban J connectivity index is 1.40. The Bertz CT molecular complexity index is 826. The maximum atomic E-state index is 12.3. The third kappa shape index (κ3) is 4.23. The van der Waals surface area contributed by atoms with Crippen molar-refractivity contribution in [3.8, 4) is 0 Å². The Hall–Kier alpha value is -2.57. The van der Waals surface area contributed by atoms with Crippen LogP contribution in [0.15, 0.2) is 70.7 Å². The van der Waals surface area contributed by atoms with Gasteiger partial charge in [0.1, 0.15) is 5.76 Å². The van der Waals surface area contributed by atoms with Crippen molar-refractivity contribution in [3.63, 3.8) is 0 Å². The van der Waals surface area contributed by atoms with Crippen LogP contribution in [0.4, 0.5) is 5.69 Å². The van der Waals surface area contributed by atoms with Crippen LogP contribution in [-0.2, 0) is 0 Å².